The molecule has 4 aromatic heterocycles. The Morgan fingerprint density at radius 2 is 0.762 bits per heavy atom. The first-order valence-electron chi connectivity index (χ1n) is 21.2. The number of nitrogens with zero attached hydrogens (tertiary/aromatic N) is 2. The summed E-state index contributed by atoms with van der Waals surface area (Å²) in [6.45, 7) is 0. The summed E-state index contributed by atoms with van der Waals surface area (Å²) >= 11 is 3.74. The van der Waals surface area contributed by atoms with Crippen LogP contribution in [0.4, 0.5) is 0 Å². The Bertz CT molecular complexity index is 4230. The first kappa shape index (κ1) is 35.0. The van der Waals surface area contributed by atoms with E-state index in [1.165, 1.54) is 62.6 Å². The van der Waals surface area contributed by atoms with Crippen molar-refractivity contribution < 1.29 is 4.42 Å². The summed E-state index contributed by atoms with van der Waals surface area (Å²) in [5.74, 6) is 0. The smallest absolute Gasteiger partial charge is 0.246 e. The standard InChI is InChI=1S/C58H32N2OS2/c1-4-22-50-47(17-1)55-58(61-50)60-54-49-32-36(34-12-8-14-38(30-34)40-19-10-21-46-44-16-3-6-24-52(44)63-57(40)46)26-28-42(49)41-27-25-35(31-48(41)53(54)59-55)33-11-7-13-37(29-33)39-18-9-20-45-43-15-2-5-23-51(43)62-56(39)45/h1-32H. The lowest BCUT2D eigenvalue weighted by molar-refractivity contribution is 0.655. The summed E-state index contributed by atoms with van der Waals surface area (Å²) in [4.78, 5) is 10.8. The summed E-state index contributed by atoms with van der Waals surface area (Å²) in [5, 5.41) is 10.6. The van der Waals surface area contributed by atoms with Crippen LogP contribution in [0.1, 0.15) is 0 Å². The normalized spacial score (nSPS) is 12.1. The van der Waals surface area contributed by atoms with E-state index >= 15 is 0 Å². The fraction of sp³-hybridized carbons (Fsp3) is 0. The average Bonchev–Trinajstić information content (AvgIpc) is 4.04. The predicted molar refractivity (Wildman–Crippen MR) is 269 cm³/mol. The van der Waals surface area contributed by atoms with Gasteiger partial charge in [-0.05, 0) is 104 Å². The molecule has 0 fully saturated rings. The van der Waals surface area contributed by atoms with Crippen LogP contribution < -0.4 is 0 Å². The number of para-hydroxylation sites is 1. The zero-order valence-electron chi connectivity index (χ0n) is 33.6. The summed E-state index contributed by atoms with van der Waals surface area (Å²) in [5.41, 5.74) is 13.3. The first-order chi connectivity index (χ1) is 31.2. The largest absolute Gasteiger partial charge is 0.436 e. The van der Waals surface area contributed by atoms with Crippen LogP contribution in [0.2, 0.25) is 0 Å². The quantitative estimate of drug-likeness (QED) is 0.166. The van der Waals surface area contributed by atoms with Crippen molar-refractivity contribution in [1.82, 2.24) is 9.97 Å². The van der Waals surface area contributed by atoms with Gasteiger partial charge in [-0.15, -0.1) is 22.7 Å². The van der Waals surface area contributed by atoms with Crippen molar-refractivity contribution in [1.29, 1.82) is 0 Å². The first-order valence-corrected chi connectivity index (χ1v) is 22.8. The van der Waals surface area contributed by atoms with Gasteiger partial charge in [-0.3, -0.25) is 0 Å². The van der Waals surface area contributed by atoms with Gasteiger partial charge in [0.1, 0.15) is 16.6 Å². The van der Waals surface area contributed by atoms with Gasteiger partial charge in [0.05, 0.1) is 5.52 Å². The number of fused-ring (bicyclic) bond motifs is 15. The van der Waals surface area contributed by atoms with Crippen LogP contribution in [0, 0.1) is 0 Å². The second-order valence-corrected chi connectivity index (χ2v) is 18.5. The van der Waals surface area contributed by atoms with Gasteiger partial charge in [0.15, 0.2) is 0 Å². The Balaban J connectivity index is 0.953. The number of thiophene rings is 2. The minimum atomic E-state index is 0.549. The molecular weight excluding hydrogens is 805 g/mol. The summed E-state index contributed by atoms with van der Waals surface area (Å²) in [6.07, 6.45) is 0. The molecule has 14 aromatic rings. The maximum atomic E-state index is 6.38. The van der Waals surface area contributed by atoms with Gasteiger partial charge >= 0.3 is 0 Å². The maximum absolute atomic E-state index is 6.38. The fourth-order valence-electron chi connectivity index (χ4n) is 9.89. The van der Waals surface area contributed by atoms with Crippen molar-refractivity contribution in [2.75, 3.05) is 0 Å². The molecule has 63 heavy (non-hydrogen) atoms. The van der Waals surface area contributed by atoms with Gasteiger partial charge in [0, 0.05) is 56.5 Å². The third kappa shape index (κ3) is 5.31. The van der Waals surface area contributed by atoms with Crippen LogP contribution in [0.3, 0.4) is 0 Å². The Morgan fingerprint density at radius 3 is 1.35 bits per heavy atom. The van der Waals surface area contributed by atoms with Crippen molar-refractivity contribution >= 4 is 118 Å². The Morgan fingerprint density at radius 1 is 0.302 bits per heavy atom. The summed E-state index contributed by atoms with van der Waals surface area (Å²) < 4.78 is 11.6. The zero-order valence-corrected chi connectivity index (χ0v) is 35.2. The predicted octanol–water partition coefficient (Wildman–Crippen LogP) is 17.2. The van der Waals surface area contributed by atoms with E-state index in [-0.39, 0.29) is 0 Å². The van der Waals surface area contributed by atoms with Crippen molar-refractivity contribution in [3.63, 3.8) is 0 Å². The molecule has 0 bridgehead atoms. The lowest BCUT2D eigenvalue weighted by Crippen LogP contribution is -1.92. The van der Waals surface area contributed by atoms with E-state index in [9.17, 15) is 0 Å². The molecule has 10 aromatic carbocycles. The molecule has 0 atom stereocenters. The summed E-state index contributed by atoms with van der Waals surface area (Å²) in [6, 6.07) is 70.5. The fourth-order valence-corrected chi connectivity index (χ4v) is 12.4. The molecule has 0 saturated carbocycles. The van der Waals surface area contributed by atoms with Crippen LogP contribution in [-0.4, -0.2) is 9.97 Å². The molecule has 0 radical (unpaired) electrons. The number of hydrogen-bond donors (Lipinski definition) is 0. The van der Waals surface area contributed by atoms with Gasteiger partial charge in [-0.2, -0.15) is 0 Å². The van der Waals surface area contributed by atoms with E-state index in [0.717, 1.165) is 71.3 Å². The maximum Gasteiger partial charge on any atom is 0.246 e. The second kappa shape index (κ2) is 13.4. The molecule has 0 spiro atoms. The van der Waals surface area contributed by atoms with Crippen LogP contribution in [0.5, 0.6) is 0 Å². The van der Waals surface area contributed by atoms with Crippen molar-refractivity contribution in [3.05, 3.63) is 194 Å². The lowest BCUT2D eigenvalue weighted by Gasteiger charge is -2.13. The highest BCUT2D eigenvalue weighted by Gasteiger charge is 2.19. The molecule has 0 saturated heterocycles. The number of furan rings is 1. The highest BCUT2D eigenvalue weighted by molar-refractivity contribution is 7.26. The minimum absolute atomic E-state index is 0.549. The molecule has 3 nitrogen and oxygen atoms in total. The number of rotatable bonds is 4. The van der Waals surface area contributed by atoms with Crippen molar-refractivity contribution in [2.24, 2.45) is 0 Å². The SMILES string of the molecule is c1cc(-c2ccc3c4ccc(-c5cccc(-c6cccc7c6sc6ccccc67)c5)cc4c4nc5c(nc4c3c2)oc2ccccc25)cc(-c2cccc3c2sc2ccccc23)c1. The monoisotopic (exact) mass is 836 g/mol. The molecular formula is C58H32N2OS2. The van der Waals surface area contributed by atoms with Crippen LogP contribution >= 0.6 is 22.7 Å². The van der Waals surface area contributed by atoms with Crippen LogP contribution in [0.15, 0.2) is 199 Å². The minimum Gasteiger partial charge on any atom is -0.436 e. The van der Waals surface area contributed by atoms with E-state index < -0.39 is 0 Å². The Labute approximate surface area is 368 Å². The molecule has 0 N–H and O–H groups in total. The molecule has 292 valence electrons. The topological polar surface area (TPSA) is 38.9 Å². The molecule has 0 amide bonds. The van der Waals surface area contributed by atoms with E-state index in [0.29, 0.717) is 5.71 Å². The number of aromatic nitrogens is 2. The van der Waals surface area contributed by atoms with Crippen LogP contribution in [0.25, 0.3) is 140 Å². The molecule has 0 aliphatic carbocycles. The van der Waals surface area contributed by atoms with Gasteiger partial charge in [0.2, 0.25) is 5.71 Å². The average molecular weight is 837 g/mol. The van der Waals surface area contributed by atoms with Crippen molar-refractivity contribution in [3.8, 4) is 44.5 Å². The molecule has 4 heterocycles. The molecule has 0 unspecified atom stereocenters. The van der Waals surface area contributed by atoms with E-state index in [1.807, 2.05) is 40.9 Å². The third-order valence-corrected chi connectivity index (χ3v) is 15.3. The molecule has 14 rings (SSSR count). The Hall–Kier alpha value is -7.70. The van der Waals surface area contributed by atoms with Gasteiger partial charge in [-0.25, -0.2) is 9.97 Å². The molecule has 0 aliphatic rings. The van der Waals surface area contributed by atoms with Gasteiger partial charge < -0.3 is 4.42 Å². The van der Waals surface area contributed by atoms with E-state index in [1.54, 1.807) is 0 Å². The zero-order chi connectivity index (χ0) is 41.2. The second-order valence-electron chi connectivity index (χ2n) is 16.4. The van der Waals surface area contributed by atoms with Crippen LogP contribution in [-0.2, 0) is 0 Å². The Kier molecular flexibility index (Phi) is 7.43. The highest BCUT2D eigenvalue weighted by atomic mass is 32.1. The summed E-state index contributed by atoms with van der Waals surface area (Å²) in [7, 11) is 0. The van der Waals surface area contributed by atoms with Gasteiger partial charge in [0.25, 0.3) is 0 Å². The number of hydrogen-bond acceptors (Lipinski definition) is 5. The van der Waals surface area contributed by atoms with E-state index in [4.69, 9.17) is 14.4 Å². The lowest BCUT2D eigenvalue weighted by atomic mass is 9.92. The molecule has 0 aliphatic heterocycles. The number of benzene rings is 10. The molecule has 5 heteroatoms. The highest BCUT2D eigenvalue weighted by Crippen LogP contribution is 2.44. The van der Waals surface area contributed by atoms with Gasteiger partial charge in [-0.1, -0.05) is 146 Å². The van der Waals surface area contributed by atoms with Crippen molar-refractivity contribution in [2.45, 2.75) is 0 Å². The third-order valence-electron chi connectivity index (χ3n) is 12.9. The van der Waals surface area contributed by atoms with E-state index in [2.05, 4.69) is 176 Å².